The zero-order valence-electron chi connectivity index (χ0n) is 13.5. The Morgan fingerprint density at radius 1 is 1.38 bits per heavy atom. The van der Waals surface area contributed by atoms with Crippen molar-refractivity contribution in [3.05, 3.63) is 12.0 Å². The third kappa shape index (κ3) is 3.05. The Morgan fingerprint density at radius 2 is 2.08 bits per heavy atom. The summed E-state index contributed by atoms with van der Waals surface area (Å²) < 4.78 is 20.1. The number of aliphatic hydroxyl groups is 1. The maximum atomic E-state index is 14.6. The van der Waals surface area contributed by atoms with Crippen molar-refractivity contribution in [1.29, 1.82) is 0 Å². The van der Waals surface area contributed by atoms with Gasteiger partial charge in [-0.3, -0.25) is 15.4 Å². The molecular weight excluding hydrogens is 317 g/mol. The van der Waals surface area contributed by atoms with Crippen LogP contribution in [0.4, 0.5) is 9.18 Å². The smallest absolute Gasteiger partial charge is 0.325 e. The number of carbonyl (C=O) groups is 2. The van der Waals surface area contributed by atoms with E-state index in [0.717, 1.165) is 30.4 Å². The molecule has 0 aromatic carbocycles. The molecule has 3 rings (SSSR count). The maximum absolute atomic E-state index is 14.6. The molecule has 0 spiro atoms. The van der Waals surface area contributed by atoms with Crippen molar-refractivity contribution in [2.24, 2.45) is 11.7 Å². The van der Waals surface area contributed by atoms with Crippen molar-refractivity contribution in [2.45, 2.75) is 62.9 Å². The van der Waals surface area contributed by atoms with E-state index in [2.05, 4.69) is 5.32 Å². The summed E-state index contributed by atoms with van der Waals surface area (Å²) in [6.07, 6.45) is 5.23. The average Bonchev–Trinajstić information content (AvgIpc) is 3.07. The lowest BCUT2D eigenvalue weighted by Crippen LogP contribution is -2.68. The van der Waals surface area contributed by atoms with Gasteiger partial charge in [0.05, 0.1) is 12.7 Å². The molecule has 0 radical (unpaired) electrons. The van der Waals surface area contributed by atoms with Gasteiger partial charge in [0.15, 0.2) is 11.6 Å². The predicted molar refractivity (Wildman–Crippen MR) is 83.0 cm³/mol. The van der Waals surface area contributed by atoms with Crippen molar-refractivity contribution < 1.29 is 23.8 Å². The Labute approximate surface area is 140 Å². The fourth-order valence-corrected chi connectivity index (χ4v) is 3.68. The number of nitrogens with zero attached hydrogens (tertiary/aromatic N) is 1. The lowest BCUT2D eigenvalue weighted by atomic mass is 9.81. The van der Waals surface area contributed by atoms with Gasteiger partial charge in [-0.2, -0.15) is 0 Å². The van der Waals surface area contributed by atoms with Crippen LogP contribution in [-0.4, -0.2) is 46.4 Å². The molecule has 2 heterocycles. The van der Waals surface area contributed by atoms with Crippen LogP contribution < -0.4 is 11.1 Å². The van der Waals surface area contributed by atoms with E-state index in [1.807, 2.05) is 0 Å². The molecule has 24 heavy (non-hydrogen) atoms. The van der Waals surface area contributed by atoms with Crippen LogP contribution in [0.25, 0.3) is 0 Å². The zero-order chi connectivity index (χ0) is 17.3. The van der Waals surface area contributed by atoms with Gasteiger partial charge >= 0.3 is 6.03 Å². The predicted octanol–water partition coefficient (Wildman–Crippen LogP) is 1.12. The molecule has 3 atom stereocenters. The summed E-state index contributed by atoms with van der Waals surface area (Å²) in [5.41, 5.74) is 3.86. The molecule has 1 aliphatic carbocycles. The van der Waals surface area contributed by atoms with Gasteiger partial charge in [-0.25, -0.2) is 9.18 Å². The molecule has 1 unspecified atom stereocenters. The van der Waals surface area contributed by atoms with Gasteiger partial charge < -0.3 is 15.2 Å². The second-order valence-corrected chi connectivity index (χ2v) is 6.79. The number of hydrogen-bond donors (Lipinski definition) is 3. The lowest BCUT2D eigenvalue weighted by molar-refractivity contribution is -0.129. The standard InChI is InChI=1S/C16H24FN3O4/c17-12-8-20(13-7-6-11(9-21)24-13)15(23)19-16(12,18)14(22)10-4-2-1-3-5-10/h8,10-11,13,21H,1-7,9,18H2,(H,19,23)/t11-,13+,16?/m0/s1. The minimum Gasteiger partial charge on any atom is -0.394 e. The Bertz CT molecular complexity index is 549. The number of Topliss-reactive ketones (excluding diaryl/α,β-unsaturated/α-hetero) is 1. The van der Waals surface area contributed by atoms with Gasteiger partial charge in [-0.05, 0) is 25.7 Å². The Hall–Kier alpha value is -1.51. The first kappa shape index (κ1) is 17.3. The number of ether oxygens (including phenoxy) is 1. The van der Waals surface area contributed by atoms with E-state index in [9.17, 15) is 14.0 Å². The normalized spacial score (nSPS) is 34.9. The number of halogens is 1. The number of hydrogen-bond acceptors (Lipinski definition) is 5. The molecule has 7 nitrogen and oxygen atoms in total. The van der Waals surface area contributed by atoms with Gasteiger partial charge in [-0.15, -0.1) is 0 Å². The maximum Gasteiger partial charge on any atom is 0.325 e. The number of nitrogens with one attached hydrogen (secondary N) is 1. The van der Waals surface area contributed by atoms with Crippen LogP contribution in [-0.2, 0) is 9.53 Å². The highest BCUT2D eigenvalue weighted by atomic mass is 19.1. The van der Waals surface area contributed by atoms with E-state index < -0.39 is 29.5 Å². The van der Waals surface area contributed by atoms with Crippen LogP contribution >= 0.6 is 0 Å². The minimum atomic E-state index is -2.09. The molecule has 1 saturated heterocycles. The van der Waals surface area contributed by atoms with Crippen LogP contribution in [0.15, 0.2) is 12.0 Å². The number of nitrogens with two attached hydrogens (primary N) is 1. The Balaban J connectivity index is 1.76. The van der Waals surface area contributed by atoms with Gasteiger partial charge in [0, 0.05) is 12.1 Å². The summed E-state index contributed by atoms with van der Waals surface area (Å²) in [5, 5.41) is 11.4. The molecule has 0 aromatic rings. The molecular formula is C16H24FN3O4. The first-order valence-corrected chi connectivity index (χ1v) is 8.53. The average molecular weight is 341 g/mol. The zero-order valence-corrected chi connectivity index (χ0v) is 13.5. The number of rotatable bonds is 4. The summed E-state index contributed by atoms with van der Waals surface area (Å²) in [6, 6.07) is -0.661. The van der Waals surface area contributed by atoms with Crippen LogP contribution in [0, 0.1) is 5.92 Å². The largest absolute Gasteiger partial charge is 0.394 e. The highest BCUT2D eigenvalue weighted by molar-refractivity contribution is 5.97. The second kappa shape index (κ2) is 6.78. The van der Waals surface area contributed by atoms with Crippen LogP contribution in [0.1, 0.15) is 44.9 Å². The van der Waals surface area contributed by atoms with Crippen molar-refractivity contribution in [2.75, 3.05) is 6.61 Å². The molecule has 134 valence electrons. The first-order chi connectivity index (χ1) is 11.5. The Morgan fingerprint density at radius 3 is 2.71 bits per heavy atom. The fourth-order valence-electron chi connectivity index (χ4n) is 3.68. The number of amides is 2. The summed E-state index contributed by atoms with van der Waals surface area (Å²) >= 11 is 0. The summed E-state index contributed by atoms with van der Waals surface area (Å²) in [4.78, 5) is 26.1. The van der Waals surface area contributed by atoms with Crippen LogP contribution in [0.3, 0.4) is 0 Å². The molecule has 3 aliphatic rings. The van der Waals surface area contributed by atoms with Gasteiger partial charge in [0.1, 0.15) is 6.23 Å². The summed E-state index contributed by atoms with van der Waals surface area (Å²) in [7, 11) is 0. The van der Waals surface area contributed by atoms with Crippen molar-refractivity contribution in [3.63, 3.8) is 0 Å². The minimum absolute atomic E-state index is 0.154. The van der Waals surface area contributed by atoms with Crippen molar-refractivity contribution in [3.8, 4) is 0 Å². The van der Waals surface area contributed by atoms with E-state index >= 15 is 0 Å². The van der Waals surface area contributed by atoms with Crippen molar-refractivity contribution in [1.82, 2.24) is 10.2 Å². The molecule has 0 aromatic heterocycles. The number of aliphatic hydroxyl groups excluding tert-OH is 1. The second-order valence-electron chi connectivity index (χ2n) is 6.79. The van der Waals surface area contributed by atoms with E-state index in [1.165, 1.54) is 0 Å². The summed E-state index contributed by atoms with van der Waals surface area (Å²) in [6.45, 7) is -0.154. The molecule has 1 saturated carbocycles. The molecule has 2 fully saturated rings. The summed E-state index contributed by atoms with van der Waals surface area (Å²) in [5.74, 6) is -1.67. The quantitative estimate of drug-likeness (QED) is 0.711. The van der Waals surface area contributed by atoms with Crippen molar-refractivity contribution >= 4 is 11.8 Å². The highest BCUT2D eigenvalue weighted by Gasteiger charge is 2.49. The highest BCUT2D eigenvalue weighted by Crippen LogP contribution is 2.32. The number of ketones is 1. The van der Waals surface area contributed by atoms with E-state index in [1.54, 1.807) is 0 Å². The van der Waals surface area contributed by atoms with E-state index in [4.69, 9.17) is 15.6 Å². The SMILES string of the molecule is NC1(C(=O)C2CCCCC2)NC(=O)N([C@H]2CC[C@@H](CO)O2)C=C1F. The lowest BCUT2D eigenvalue weighted by Gasteiger charge is -2.39. The number of carbonyl (C=O) groups excluding carboxylic acids is 2. The molecule has 0 bridgehead atoms. The van der Waals surface area contributed by atoms with E-state index in [0.29, 0.717) is 25.7 Å². The topological polar surface area (TPSA) is 105 Å². The van der Waals surface area contributed by atoms with Crippen LogP contribution in [0.5, 0.6) is 0 Å². The molecule has 8 heteroatoms. The van der Waals surface area contributed by atoms with Gasteiger partial charge in [0.2, 0.25) is 5.66 Å². The first-order valence-electron chi connectivity index (χ1n) is 8.53. The number of urea groups is 1. The monoisotopic (exact) mass is 341 g/mol. The van der Waals surface area contributed by atoms with Gasteiger partial charge in [-0.1, -0.05) is 19.3 Å². The van der Waals surface area contributed by atoms with Crippen LogP contribution in [0.2, 0.25) is 0 Å². The Kier molecular flexibility index (Phi) is 4.89. The van der Waals surface area contributed by atoms with Gasteiger partial charge in [0.25, 0.3) is 0 Å². The third-order valence-corrected chi connectivity index (χ3v) is 5.13. The fraction of sp³-hybridized carbons (Fsp3) is 0.750. The third-order valence-electron chi connectivity index (χ3n) is 5.13. The molecule has 2 aliphatic heterocycles. The molecule has 4 N–H and O–H groups in total. The molecule has 2 amide bonds. The van der Waals surface area contributed by atoms with E-state index in [-0.39, 0.29) is 18.6 Å².